The average molecular weight is 199 g/mol. The maximum absolute atomic E-state index is 3.98. The molecule has 1 N–H and O–H groups in total. The number of hydrogen-bond acceptors (Lipinski definition) is 2. The number of rotatable bonds is 1. The molecule has 0 radical (unpaired) electrons. The predicted molar refractivity (Wildman–Crippen MR) is 47.7 cm³/mol. The van der Waals surface area contributed by atoms with Crippen molar-refractivity contribution in [2.24, 2.45) is 0 Å². The molecule has 0 aliphatic carbocycles. The molecule has 62 valence electrons. The van der Waals surface area contributed by atoms with Crippen LogP contribution >= 0.6 is 0 Å². The molecule has 0 amide bonds. The fourth-order valence-corrected chi connectivity index (χ4v) is 1.07. The van der Waals surface area contributed by atoms with Gasteiger partial charge in [0.15, 0.2) is 0 Å². The zero-order chi connectivity index (χ0) is 8.39. The Morgan fingerprint density at radius 1 is 1.23 bits per heavy atom. The van der Waals surface area contributed by atoms with Gasteiger partial charge in [-0.2, -0.15) is 15.4 Å². The zero-order valence-electron chi connectivity index (χ0n) is 8.78. The molecule has 0 bridgehead atoms. The third kappa shape index (κ3) is 2.72. The van der Waals surface area contributed by atoms with Crippen molar-refractivity contribution in [3.05, 3.63) is 36.0 Å². The van der Waals surface area contributed by atoms with Crippen LogP contribution in [0.3, 0.4) is 0 Å². The van der Waals surface area contributed by atoms with E-state index in [1.807, 2.05) is 12.1 Å². The second-order valence-electron chi connectivity index (χ2n) is 2.72. The minimum absolute atomic E-state index is 0. The monoisotopic (exact) mass is 199 g/mol. The molecule has 3 nitrogen and oxygen atoms in total. The number of nitrogens with one attached hydrogen (secondary N) is 1. The van der Waals surface area contributed by atoms with Crippen LogP contribution in [0.25, 0.3) is 11.3 Å². The molecule has 0 spiro atoms. The molecule has 2 aromatic rings. The summed E-state index contributed by atoms with van der Waals surface area (Å²) in [4.78, 5) is 0. The summed E-state index contributed by atoms with van der Waals surface area (Å²) >= 11 is 0. The summed E-state index contributed by atoms with van der Waals surface area (Å²) in [6, 6.07) is 8.19. The summed E-state index contributed by atoms with van der Waals surface area (Å²) in [5, 5.41) is 10.3. The largest absolute Gasteiger partial charge is 1.00 e. The molecule has 0 atom stereocenters. The molecule has 0 fully saturated rings. The van der Waals surface area contributed by atoms with E-state index in [0.29, 0.717) is 0 Å². The maximum Gasteiger partial charge on any atom is 1.00 e. The number of aromatic nitrogens is 3. The van der Waals surface area contributed by atoms with Gasteiger partial charge in [0.25, 0.3) is 0 Å². The number of hydrogen-bond donors (Lipinski definition) is 1. The predicted octanol–water partition coefficient (Wildman–Crippen LogP) is -1.10. The number of aromatic amines is 1. The van der Waals surface area contributed by atoms with Crippen molar-refractivity contribution in [2.45, 2.75) is 6.92 Å². The molecular weight excluding hydrogens is 189 g/mol. The Morgan fingerprint density at radius 2 is 1.92 bits per heavy atom. The van der Waals surface area contributed by atoms with Gasteiger partial charge >= 0.3 is 51.4 Å². The van der Waals surface area contributed by atoms with Crippen LogP contribution in [0.15, 0.2) is 30.5 Å². The summed E-state index contributed by atoms with van der Waals surface area (Å²) in [6.07, 6.45) is 1.71. The van der Waals surface area contributed by atoms with Gasteiger partial charge in [0.05, 0.1) is 6.20 Å². The number of nitrogens with zero attached hydrogens (tertiary/aromatic N) is 2. The summed E-state index contributed by atoms with van der Waals surface area (Å²) in [7, 11) is 0. The number of H-pyrrole nitrogens is 1. The van der Waals surface area contributed by atoms with Gasteiger partial charge in [0, 0.05) is 5.56 Å². The van der Waals surface area contributed by atoms with Crippen LogP contribution in [0, 0.1) is 6.92 Å². The Kier molecular flexibility index (Phi) is 4.28. The fourth-order valence-electron chi connectivity index (χ4n) is 1.07. The van der Waals surface area contributed by atoms with Crippen molar-refractivity contribution in [3.63, 3.8) is 0 Å². The molecule has 1 aromatic heterocycles. The Balaban J connectivity index is 0.000000845. The van der Waals surface area contributed by atoms with Crippen LogP contribution in [0.5, 0.6) is 0 Å². The Hall–Kier alpha value is -0.00364. The van der Waals surface area contributed by atoms with Crippen molar-refractivity contribution in [1.82, 2.24) is 15.4 Å². The van der Waals surface area contributed by atoms with E-state index >= 15 is 0 Å². The van der Waals surface area contributed by atoms with Gasteiger partial charge < -0.3 is 1.43 Å². The zero-order valence-corrected chi connectivity index (χ0v) is 10.9. The standard InChI is InChI=1S/C9H9N3.K.H/c1-7-2-4-8(5-3-7)9-6-10-12-11-9;;/h2-6H,1H3,(H,10,11,12);;/q;+1;-1. The molecule has 1 heterocycles. The molecule has 4 heteroatoms. The van der Waals surface area contributed by atoms with Crippen molar-refractivity contribution in [1.29, 1.82) is 0 Å². The molecule has 0 unspecified atom stereocenters. The van der Waals surface area contributed by atoms with Crippen molar-refractivity contribution in [2.75, 3.05) is 0 Å². The topological polar surface area (TPSA) is 41.6 Å². The molecule has 0 saturated carbocycles. The first kappa shape index (κ1) is 11.1. The van der Waals surface area contributed by atoms with Crippen LogP contribution in [-0.4, -0.2) is 15.4 Å². The molecule has 2 rings (SSSR count). The quantitative estimate of drug-likeness (QED) is 0.592. The van der Waals surface area contributed by atoms with Crippen LogP contribution in [0.4, 0.5) is 0 Å². The van der Waals surface area contributed by atoms with Crippen molar-refractivity contribution in [3.8, 4) is 11.3 Å². The van der Waals surface area contributed by atoms with Crippen molar-refractivity contribution >= 4 is 0 Å². The average Bonchev–Trinajstić information content (AvgIpc) is 2.58. The smallest absolute Gasteiger partial charge is 1.00 e. The van der Waals surface area contributed by atoms with E-state index in [1.54, 1.807) is 6.20 Å². The van der Waals surface area contributed by atoms with E-state index in [4.69, 9.17) is 0 Å². The van der Waals surface area contributed by atoms with Crippen LogP contribution < -0.4 is 51.4 Å². The summed E-state index contributed by atoms with van der Waals surface area (Å²) in [5.74, 6) is 0. The SMILES string of the molecule is Cc1ccc(-c2cn[nH]n2)cc1.[H-].[K+]. The van der Waals surface area contributed by atoms with Gasteiger partial charge in [-0.25, -0.2) is 0 Å². The van der Waals surface area contributed by atoms with E-state index in [-0.39, 0.29) is 52.8 Å². The van der Waals surface area contributed by atoms with E-state index < -0.39 is 0 Å². The van der Waals surface area contributed by atoms with Crippen LogP contribution in [0.2, 0.25) is 0 Å². The molecule has 13 heavy (non-hydrogen) atoms. The minimum atomic E-state index is 0. The van der Waals surface area contributed by atoms with E-state index in [1.165, 1.54) is 5.56 Å². The van der Waals surface area contributed by atoms with E-state index in [9.17, 15) is 0 Å². The Labute approximate surface area is 121 Å². The van der Waals surface area contributed by atoms with Gasteiger partial charge in [0.1, 0.15) is 5.69 Å². The molecule has 1 aromatic carbocycles. The number of aryl methyl sites for hydroxylation is 1. The summed E-state index contributed by atoms with van der Waals surface area (Å²) < 4.78 is 0. The molecule has 0 aliphatic heterocycles. The van der Waals surface area contributed by atoms with Gasteiger partial charge in [-0.1, -0.05) is 29.8 Å². The third-order valence-corrected chi connectivity index (χ3v) is 1.76. The second-order valence-corrected chi connectivity index (χ2v) is 2.72. The first-order chi connectivity index (χ1) is 5.86. The first-order valence-corrected chi connectivity index (χ1v) is 3.79. The van der Waals surface area contributed by atoms with Crippen LogP contribution in [0.1, 0.15) is 6.99 Å². The Morgan fingerprint density at radius 3 is 2.46 bits per heavy atom. The normalized spacial score (nSPS) is 9.31. The minimum Gasteiger partial charge on any atom is -1.00 e. The van der Waals surface area contributed by atoms with Crippen molar-refractivity contribution < 1.29 is 52.8 Å². The van der Waals surface area contributed by atoms with E-state index in [2.05, 4.69) is 34.5 Å². The third-order valence-electron chi connectivity index (χ3n) is 1.76. The fraction of sp³-hybridized carbons (Fsp3) is 0.111. The second kappa shape index (κ2) is 5.02. The summed E-state index contributed by atoms with van der Waals surface area (Å²) in [5.41, 5.74) is 3.23. The molecule has 0 aliphatic rings. The van der Waals surface area contributed by atoms with Gasteiger partial charge in [0.2, 0.25) is 0 Å². The van der Waals surface area contributed by atoms with Gasteiger partial charge in [-0.05, 0) is 6.92 Å². The van der Waals surface area contributed by atoms with Gasteiger partial charge in [-0.3, -0.25) is 0 Å². The Bertz CT molecular complexity index is 358. The maximum atomic E-state index is 3.98. The summed E-state index contributed by atoms with van der Waals surface area (Å²) in [6.45, 7) is 2.06. The van der Waals surface area contributed by atoms with Crippen LogP contribution in [-0.2, 0) is 0 Å². The number of benzene rings is 1. The van der Waals surface area contributed by atoms with Gasteiger partial charge in [-0.15, -0.1) is 0 Å². The van der Waals surface area contributed by atoms with E-state index in [0.717, 1.165) is 11.3 Å². The molecular formula is C9H10KN3. The molecule has 0 saturated heterocycles. The first-order valence-electron chi connectivity index (χ1n) is 3.79.